The fraction of sp³-hybridized carbons (Fsp3) is 0.556. The number of phenolic OH excluding ortho intramolecular Hbond substituents is 2. The van der Waals surface area contributed by atoms with Gasteiger partial charge < -0.3 is 20.3 Å². The van der Waals surface area contributed by atoms with Crippen LogP contribution < -0.4 is 5.32 Å². The van der Waals surface area contributed by atoms with Crippen molar-refractivity contribution in [3.63, 3.8) is 0 Å². The van der Waals surface area contributed by atoms with Crippen molar-refractivity contribution in [2.75, 3.05) is 7.11 Å². The van der Waals surface area contributed by atoms with E-state index in [2.05, 4.69) is 5.32 Å². The van der Waals surface area contributed by atoms with Crippen LogP contribution >= 0.6 is 0 Å². The first-order chi connectivity index (χ1) is 11.4. The number of benzene rings is 1. The summed E-state index contributed by atoms with van der Waals surface area (Å²) in [6, 6.07) is 3.49. The fourth-order valence-electron chi connectivity index (χ4n) is 3.16. The van der Waals surface area contributed by atoms with Crippen LogP contribution in [-0.4, -0.2) is 35.2 Å². The van der Waals surface area contributed by atoms with Crippen molar-refractivity contribution >= 4 is 11.9 Å². The Bertz CT molecular complexity index is 607. The molecule has 1 aliphatic carbocycles. The Kier molecular flexibility index (Phi) is 5.70. The molecule has 3 N–H and O–H groups in total. The molecule has 0 saturated heterocycles. The lowest BCUT2D eigenvalue weighted by Crippen LogP contribution is -2.49. The molecular weight excluding hydrogens is 310 g/mol. The van der Waals surface area contributed by atoms with Crippen LogP contribution in [0.2, 0.25) is 0 Å². The number of carbonyl (C=O) groups excluding carboxylic acids is 2. The number of rotatable bonds is 5. The first-order valence-electron chi connectivity index (χ1n) is 8.25. The molecule has 1 aromatic rings. The summed E-state index contributed by atoms with van der Waals surface area (Å²) in [5.74, 6) is -1.16. The minimum Gasteiger partial charge on any atom is -0.504 e. The van der Waals surface area contributed by atoms with Crippen molar-refractivity contribution in [2.45, 2.75) is 51.5 Å². The Hall–Kier alpha value is -2.24. The number of hydrogen-bond donors (Lipinski definition) is 3. The van der Waals surface area contributed by atoms with E-state index in [1.54, 1.807) is 6.07 Å². The molecule has 1 fully saturated rings. The lowest BCUT2D eigenvalue weighted by Gasteiger charge is -2.33. The van der Waals surface area contributed by atoms with E-state index in [0.717, 1.165) is 32.1 Å². The average molecular weight is 335 g/mol. The lowest BCUT2D eigenvalue weighted by atomic mass is 9.75. The Morgan fingerprint density at radius 3 is 2.46 bits per heavy atom. The van der Waals surface area contributed by atoms with E-state index < -0.39 is 17.4 Å². The summed E-state index contributed by atoms with van der Waals surface area (Å²) in [6.07, 6.45) is 4.97. The van der Waals surface area contributed by atoms with Gasteiger partial charge in [0.25, 0.3) is 0 Å². The predicted octanol–water partition coefficient (Wildman–Crippen LogP) is 2.27. The predicted molar refractivity (Wildman–Crippen MR) is 88.6 cm³/mol. The normalized spacial score (nSPS) is 17.8. The molecule has 1 aliphatic rings. The van der Waals surface area contributed by atoms with Gasteiger partial charge in [-0.25, -0.2) is 4.79 Å². The zero-order chi connectivity index (χ0) is 17.7. The number of hydrogen-bond acceptors (Lipinski definition) is 5. The number of nitrogens with one attached hydrogen (secondary N) is 1. The number of aromatic hydroxyl groups is 2. The third-order valence-electron chi connectivity index (χ3n) is 4.78. The van der Waals surface area contributed by atoms with Gasteiger partial charge >= 0.3 is 5.97 Å². The summed E-state index contributed by atoms with van der Waals surface area (Å²) in [5, 5.41) is 21.8. The molecule has 0 unspecified atom stereocenters. The second-order valence-corrected chi connectivity index (χ2v) is 6.70. The molecule has 0 radical (unpaired) electrons. The molecule has 1 saturated carbocycles. The lowest BCUT2D eigenvalue weighted by molar-refractivity contribution is -0.146. The van der Waals surface area contributed by atoms with Gasteiger partial charge in [-0.05, 0) is 30.5 Å². The van der Waals surface area contributed by atoms with Crippen LogP contribution in [0.5, 0.6) is 11.5 Å². The van der Waals surface area contributed by atoms with E-state index in [4.69, 9.17) is 4.74 Å². The minimum absolute atomic E-state index is 0.138. The molecule has 0 aliphatic heterocycles. The largest absolute Gasteiger partial charge is 0.504 e. The van der Waals surface area contributed by atoms with Gasteiger partial charge in [0.15, 0.2) is 11.5 Å². The number of amides is 1. The topological polar surface area (TPSA) is 95.9 Å². The average Bonchev–Trinajstić information content (AvgIpc) is 2.57. The molecule has 24 heavy (non-hydrogen) atoms. The number of ether oxygens (including phenoxy) is 1. The molecule has 0 aromatic heterocycles. The Morgan fingerprint density at radius 2 is 1.88 bits per heavy atom. The van der Waals surface area contributed by atoms with Crippen LogP contribution in [0.3, 0.4) is 0 Å². The van der Waals surface area contributed by atoms with Gasteiger partial charge in [0.05, 0.1) is 7.11 Å². The van der Waals surface area contributed by atoms with Crippen LogP contribution in [0.1, 0.15) is 44.6 Å². The maximum absolute atomic E-state index is 12.7. The number of carbonyl (C=O) groups is 2. The standard InChI is InChI=1S/C18H25NO5/c1-18(8-4-3-5-9-18)17(23)19-13(16(22)24-2)10-12-6-7-14(20)15(21)11-12/h6-7,11,13,20-21H,3-5,8-10H2,1-2H3,(H,19,23)/t13-/m0/s1. The number of methoxy groups -OCH3 is 1. The van der Waals surface area contributed by atoms with Gasteiger partial charge in [-0.15, -0.1) is 0 Å². The molecular formula is C18H25NO5. The first-order valence-corrected chi connectivity index (χ1v) is 8.25. The van der Waals surface area contributed by atoms with E-state index in [9.17, 15) is 19.8 Å². The molecule has 1 atom stereocenters. The molecule has 0 heterocycles. The maximum atomic E-state index is 12.7. The van der Waals surface area contributed by atoms with Crippen LogP contribution in [0, 0.1) is 5.41 Å². The molecule has 132 valence electrons. The summed E-state index contributed by atoms with van der Waals surface area (Å²) in [5.41, 5.74) is 0.163. The van der Waals surface area contributed by atoms with Crippen molar-refractivity contribution in [2.24, 2.45) is 5.41 Å². The summed E-state index contributed by atoms with van der Waals surface area (Å²) in [4.78, 5) is 24.7. The zero-order valence-corrected chi connectivity index (χ0v) is 14.2. The molecule has 0 spiro atoms. The summed E-state index contributed by atoms with van der Waals surface area (Å²) in [7, 11) is 1.28. The SMILES string of the molecule is COC(=O)[C@H](Cc1ccc(O)c(O)c1)NC(=O)C1(C)CCCCC1. The van der Waals surface area contributed by atoms with E-state index in [-0.39, 0.29) is 23.8 Å². The third-order valence-corrected chi connectivity index (χ3v) is 4.78. The molecule has 6 heteroatoms. The van der Waals surface area contributed by atoms with Crippen molar-refractivity contribution in [1.82, 2.24) is 5.32 Å². The monoisotopic (exact) mass is 335 g/mol. The molecule has 0 bridgehead atoms. The highest BCUT2D eigenvalue weighted by Gasteiger charge is 2.36. The maximum Gasteiger partial charge on any atom is 0.328 e. The summed E-state index contributed by atoms with van der Waals surface area (Å²) < 4.78 is 4.79. The van der Waals surface area contributed by atoms with Crippen LogP contribution in [0.15, 0.2) is 18.2 Å². The highest BCUT2D eigenvalue weighted by Crippen LogP contribution is 2.36. The van der Waals surface area contributed by atoms with Crippen molar-refractivity contribution in [3.8, 4) is 11.5 Å². The Morgan fingerprint density at radius 1 is 1.21 bits per heavy atom. The fourth-order valence-corrected chi connectivity index (χ4v) is 3.16. The number of phenols is 2. The van der Waals surface area contributed by atoms with Crippen LogP contribution in [-0.2, 0) is 20.7 Å². The van der Waals surface area contributed by atoms with Gasteiger partial charge in [-0.1, -0.05) is 32.3 Å². The van der Waals surface area contributed by atoms with Crippen molar-refractivity contribution in [1.29, 1.82) is 0 Å². The van der Waals surface area contributed by atoms with Crippen LogP contribution in [0.4, 0.5) is 0 Å². The Balaban J connectivity index is 2.11. The quantitative estimate of drug-likeness (QED) is 0.567. The van der Waals surface area contributed by atoms with E-state index >= 15 is 0 Å². The van der Waals surface area contributed by atoms with Crippen molar-refractivity contribution < 1.29 is 24.5 Å². The van der Waals surface area contributed by atoms with Gasteiger partial charge in [0, 0.05) is 11.8 Å². The zero-order valence-electron chi connectivity index (χ0n) is 14.2. The van der Waals surface area contributed by atoms with E-state index in [1.807, 2.05) is 6.92 Å². The minimum atomic E-state index is -0.829. The summed E-state index contributed by atoms with van der Waals surface area (Å²) in [6.45, 7) is 1.93. The van der Waals surface area contributed by atoms with Gasteiger partial charge in [-0.3, -0.25) is 4.79 Å². The third kappa shape index (κ3) is 4.19. The number of esters is 1. The second-order valence-electron chi connectivity index (χ2n) is 6.70. The second kappa shape index (κ2) is 7.55. The molecule has 1 aromatic carbocycles. The van der Waals surface area contributed by atoms with Crippen molar-refractivity contribution in [3.05, 3.63) is 23.8 Å². The molecule has 6 nitrogen and oxygen atoms in total. The van der Waals surface area contributed by atoms with Gasteiger partial charge in [0.2, 0.25) is 5.91 Å². The van der Waals surface area contributed by atoms with Gasteiger partial charge in [0.1, 0.15) is 6.04 Å². The molecule has 1 amide bonds. The summed E-state index contributed by atoms with van der Waals surface area (Å²) >= 11 is 0. The van der Waals surface area contributed by atoms with Crippen LogP contribution in [0.25, 0.3) is 0 Å². The highest BCUT2D eigenvalue weighted by atomic mass is 16.5. The molecule has 2 rings (SSSR count). The van der Waals surface area contributed by atoms with E-state index in [1.165, 1.54) is 19.2 Å². The highest BCUT2D eigenvalue weighted by molar-refractivity contribution is 5.88. The van der Waals surface area contributed by atoms with E-state index in [0.29, 0.717) is 5.56 Å². The first kappa shape index (κ1) is 18.1. The smallest absolute Gasteiger partial charge is 0.328 e. The van der Waals surface area contributed by atoms with Gasteiger partial charge in [-0.2, -0.15) is 0 Å². The Labute approximate surface area is 141 Å².